The molecule has 0 radical (unpaired) electrons. The average Bonchev–Trinajstić information content (AvgIpc) is 2.45. The van der Waals surface area contributed by atoms with E-state index in [9.17, 15) is 4.79 Å². The van der Waals surface area contributed by atoms with Gasteiger partial charge in [-0.05, 0) is 11.6 Å². The fourth-order valence-corrected chi connectivity index (χ4v) is 1.56. The summed E-state index contributed by atoms with van der Waals surface area (Å²) in [6.45, 7) is 0.696. The standard InChI is InChI=1S/C10H12N2O/c1-11(2)12-7-8-5-3-4-6-9(8)10(12)13/h3-6H,7H2,1-2H3. The van der Waals surface area contributed by atoms with Crippen LogP contribution in [0.1, 0.15) is 15.9 Å². The molecule has 1 amide bonds. The molecule has 0 spiro atoms. The highest BCUT2D eigenvalue weighted by molar-refractivity contribution is 5.97. The molecule has 0 saturated carbocycles. The van der Waals surface area contributed by atoms with Crippen LogP contribution in [0, 0.1) is 0 Å². The summed E-state index contributed by atoms with van der Waals surface area (Å²) >= 11 is 0. The lowest BCUT2D eigenvalue weighted by Crippen LogP contribution is -2.36. The quantitative estimate of drug-likeness (QED) is 0.640. The van der Waals surface area contributed by atoms with Crippen LogP contribution in [-0.4, -0.2) is 30.0 Å². The van der Waals surface area contributed by atoms with Crippen molar-refractivity contribution in [1.82, 2.24) is 10.0 Å². The van der Waals surface area contributed by atoms with E-state index in [2.05, 4.69) is 0 Å². The molecule has 1 heterocycles. The van der Waals surface area contributed by atoms with Gasteiger partial charge in [0.15, 0.2) is 0 Å². The highest BCUT2D eigenvalue weighted by atomic mass is 16.2. The van der Waals surface area contributed by atoms with Crippen molar-refractivity contribution >= 4 is 5.91 Å². The highest BCUT2D eigenvalue weighted by Gasteiger charge is 2.27. The zero-order valence-corrected chi connectivity index (χ0v) is 7.82. The Morgan fingerprint density at radius 3 is 2.62 bits per heavy atom. The minimum Gasteiger partial charge on any atom is -0.268 e. The first-order chi connectivity index (χ1) is 6.20. The van der Waals surface area contributed by atoms with Gasteiger partial charge in [-0.15, -0.1) is 0 Å². The van der Waals surface area contributed by atoms with Crippen LogP contribution < -0.4 is 0 Å². The number of rotatable bonds is 1. The van der Waals surface area contributed by atoms with Crippen molar-refractivity contribution in [2.45, 2.75) is 6.54 Å². The third kappa shape index (κ3) is 1.21. The molecule has 1 aliphatic rings. The summed E-state index contributed by atoms with van der Waals surface area (Å²) in [5.41, 5.74) is 1.94. The average molecular weight is 176 g/mol. The van der Waals surface area contributed by atoms with E-state index in [-0.39, 0.29) is 5.91 Å². The lowest BCUT2D eigenvalue weighted by Gasteiger charge is -2.23. The Morgan fingerprint density at radius 2 is 2.00 bits per heavy atom. The predicted molar refractivity (Wildman–Crippen MR) is 50.0 cm³/mol. The molecule has 1 aromatic rings. The topological polar surface area (TPSA) is 23.6 Å². The van der Waals surface area contributed by atoms with E-state index in [1.807, 2.05) is 43.4 Å². The van der Waals surface area contributed by atoms with Gasteiger partial charge in [-0.3, -0.25) is 9.80 Å². The third-order valence-corrected chi connectivity index (χ3v) is 2.29. The van der Waals surface area contributed by atoms with Gasteiger partial charge in [0.05, 0.1) is 6.54 Å². The molecule has 0 bridgehead atoms. The van der Waals surface area contributed by atoms with Crippen LogP contribution in [0.25, 0.3) is 0 Å². The molecule has 2 rings (SSSR count). The van der Waals surface area contributed by atoms with E-state index in [0.29, 0.717) is 6.54 Å². The summed E-state index contributed by atoms with van der Waals surface area (Å²) in [5.74, 6) is 0.0978. The monoisotopic (exact) mass is 176 g/mol. The molecule has 3 heteroatoms. The molecule has 0 fully saturated rings. The third-order valence-electron chi connectivity index (χ3n) is 2.29. The smallest absolute Gasteiger partial charge is 0.268 e. The minimum atomic E-state index is 0.0978. The van der Waals surface area contributed by atoms with Crippen molar-refractivity contribution in [1.29, 1.82) is 0 Å². The van der Waals surface area contributed by atoms with E-state index in [0.717, 1.165) is 11.1 Å². The molecule has 1 aromatic carbocycles. The van der Waals surface area contributed by atoms with Crippen LogP contribution in [0.15, 0.2) is 24.3 Å². The molecule has 0 unspecified atom stereocenters. The Morgan fingerprint density at radius 1 is 1.31 bits per heavy atom. The van der Waals surface area contributed by atoms with E-state index < -0.39 is 0 Å². The molecule has 0 N–H and O–H groups in total. The van der Waals surface area contributed by atoms with Gasteiger partial charge in [-0.1, -0.05) is 18.2 Å². The fourth-order valence-electron chi connectivity index (χ4n) is 1.56. The van der Waals surface area contributed by atoms with Gasteiger partial charge in [-0.2, -0.15) is 0 Å². The van der Waals surface area contributed by atoms with Crippen LogP contribution in [0.3, 0.4) is 0 Å². The van der Waals surface area contributed by atoms with Crippen LogP contribution >= 0.6 is 0 Å². The van der Waals surface area contributed by atoms with E-state index in [1.54, 1.807) is 5.01 Å². The molecule has 0 saturated heterocycles. The first-order valence-corrected chi connectivity index (χ1v) is 4.27. The predicted octanol–water partition coefficient (Wildman–Crippen LogP) is 1.12. The van der Waals surface area contributed by atoms with E-state index >= 15 is 0 Å². The maximum Gasteiger partial charge on any atom is 0.268 e. The summed E-state index contributed by atoms with van der Waals surface area (Å²) in [6, 6.07) is 7.74. The first kappa shape index (κ1) is 8.26. The molecule has 0 atom stereocenters. The number of carbonyl (C=O) groups excluding carboxylic acids is 1. The van der Waals surface area contributed by atoms with Crippen molar-refractivity contribution < 1.29 is 4.79 Å². The van der Waals surface area contributed by atoms with Gasteiger partial charge >= 0.3 is 0 Å². The summed E-state index contributed by atoms with van der Waals surface area (Å²) in [4.78, 5) is 11.7. The highest BCUT2D eigenvalue weighted by Crippen LogP contribution is 2.22. The van der Waals surface area contributed by atoms with Crippen LogP contribution in [-0.2, 0) is 6.54 Å². The maximum atomic E-state index is 11.7. The Bertz CT molecular complexity index is 347. The molecule has 13 heavy (non-hydrogen) atoms. The number of hydrogen-bond donors (Lipinski definition) is 0. The summed E-state index contributed by atoms with van der Waals surface area (Å²) in [6.07, 6.45) is 0. The zero-order valence-electron chi connectivity index (χ0n) is 7.82. The lowest BCUT2D eigenvalue weighted by molar-refractivity contribution is 0.0223. The molecule has 3 nitrogen and oxygen atoms in total. The van der Waals surface area contributed by atoms with Gasteiger partial charge in [0.2, 0.25) is 0 Å². The van der Waals surface area contributed by atoms with Crippen molar-refractivity contribution in [3.8, 4) is 0 Å². The Balaban J connectivity index is 2.38. The summed E-state index contributed by atoms with van der Waals surface area (Å²) < 4.78 is 0. The van der Waals surface area contributed by atoms with Crippen LogP contribution in [0.4, 0.5) is 0 Å². The molecular formula is C10H12N2O. The Kier molecular flexibility index (Phi) is 1.81. The SMILES string of the molecule is CN(C)N1Cc2ccccc2C1=O. The normalized spacial score (nSPS) is 15.3. The number of nitrogens with zero attached hydrogens (tertiary/aromatic N) is 2. The van der Waals surface area contributed by atoms with Gasteiger partial charge in [0.25, 0.3) is 5.91 Å². The Hall–Kier alpha value is -1.35. The number of hydrogen-bond acceptors (Lipinski definition) is 2. The largest absolute Gasteiger partial charge is 0.268 e. The van der Waals surface area contributed by atoms with Crippen molar-refractivity contribution in [2.75, 3.05) is 14.1 Å². The van der Waals surface area contributed by atoms with Gasteiger partial charge in [0.1, 0.15) is 0 Å². The van der Waals surface area contributed by atoms with Crippen molar-refractivity contribution in [2.24, 2.45) is 0 Å². The van der Waals surface area contributed by atoms with Crippen molar-refractivity contribution in [3.05, 3.63) is 35.4 Å². The van der Waals surface area contributed by atoms with E-state index in [4.69, 9.17) is 0 Å². The minimum absolute atomic E-state index is 0.0978. The fraction of sp³-hybridized carbons (Fsp3) is 0.300. The molecule has 0 aliphatic carbocycles. The van der Waals surface area contributed by atoms with Gasteiger partial charge in [0, 0.05) is 19.7 Å². The van der Waals surface area contributed by atoms with E-state index in [1.165, 1.54) is 0 Å². The summed E-state index contributed by atoms with van der Waals surface area (Å²) in [7, 11) is 3.76. The number of fused-ring (bicyclic) bond motifs is 1. The van der Waals surface area contributed by atoms with Crippen molar-refractivity contribution in [3.63, 3.8) is 0 Å². The number of benzene rings is 1. The molecule has 1 aliphatic heterocycles. The second-order valence-electron chi connectivity index (χ2n) is 3.37. The zero-order chi connectivity index (χ0) is 9.42. The number of hydrazine groups is 1. The Labute approximate surface area is 77.5 Å². The second kappa shape index (κ2) is 2.85. The number of amides is 1. The molecular weight excluding hydrogens is 164 g/mol. The maximum absolute atomic E-state index is 11.7. The first-order valence-electron chi connectivity index (χ1n) is 4.27. The summed E-state index contributed by atoms with van der Waals surface area (Å²) in [5, 5.41) is 3.55. The van der Waals surface area contributed by atoms with Gasteiger partial charge in [-0.25, -0.2) is 5.01 Å². The van der Waals surface area contributed by atoms with Gasteiger partial charge < -0.3 is 0 Å². The number of carbonyl (C=O) groups is 1. The molecule has 68 valence electrons. The van der Waals surface area contributed by atoms with Crippen LogP contribution in [0.5, 0.6) is 0 Å². The molecule has 0 aromatic heterocycles. The van der Waals surface area contributed by atoms with Crippen LogP contribution in [0.2, 0.25) is 0 Å². The lowest BCUT2D eigenvalue weighted by atomic mass is 10.1. The second-order valence-corrected chi connectivity index (χ2v) is 3.37.